The summed E-state index contributed by atoms with van der Waals surface area (Å²) >= 11 is 2.96. The maximum Gasteiger partial charge on any atom is 0.311 e. The number of carbonyl (C=O) groups is 4. The number of nitrogens with zero attached hydrogens (tertiary/aromatic N) is 1. The zero-order chi connectivity index (χ0) is 70.0. The number of ether oxygens (including phenoxy) is 6. The molecule has 4 aliphatic heterocycles. The first kappa shape index (κ1) is 84.9. The molecule has 97 heavy (non-hydrogen) atoms. The van der Waals surface area contributed by atoms with Crippen molar-refractivity contribution in [2.24, 2.45) is 22.5 Å². The van der Waals surface area contributed by atoms with Crippen LogP contribution in [0, 0.1) is 23.3 Å². The second kappa shape index (κ2) is 37.4. The molecule has 4 aromatic rings. The van der Waals surface area contributed by atoms with E-state index in [4.69, 9.17) is 49.6 Å². The fourth-order valence-electron chi connectivity index (χ4n) is 14.0. The zero-order valence-electron chi connectivity index (χ0n) is 60.8. The van der Waals surface area contributed by atoms with E-state index in [0.29, 0.717) is 50.3 Å². The summed E-state index contributed by atoms with van der Waals surface area (Å²) < 4.78 is 53.6. The second-order valence-electron chi connectivity index (χ2n) is 31.1. The topological polar surface area (TPSA) is 172 Å². The van der Waals surface area contributed by atoms with E-state index in [0.717, 1.165) is 64.2 Å². The van der Waals surface area contributed by atoms with E-state index >= 15 is 0 Å². The van der Waals surface area contributed by atoms with Crippen molar-refractivity contribution in [2.75, 3.05) is 31.8 Å². The van der Waals surface area contributed by atoms with E-state index < -0.39 is 38.7 Å². The van der Waals surface area contributed by atoms with E-state index in [1.54, 1.807) is 0 Å². The third kappa shape index (κ3) is 22.7. The normalized spacial score (nSPS) is 23.3. The summed E-state index contributed by atoms with van der Waals surface area (Å²) in [6, 6.07) is 42.7. The number of fused-ring (bicyclic) bond motifs is 2. The number of benzene rings is 4. The molecule has 4 aliphatic rings. The summed E-state index contributed by atoms with van der Waals surface area (Å²) in [4.78, 5) is 49.8. The summed E-state index contributed by atoms with van der Waals surface area (Å²) in [5.74, 6) is -0.235. The zero-order valence-corrected chi connectivity index (χ0v) is 67.3. The Bertz CT molecular complexity index is 3080. The summed E-state index contributed by atoms with van der Waals surface area (Å²) in [6.45, 7) is 41.2. The molecule has 2 N–H and O–H groups in total. The number of ketones is 2. The van der Waals surface area contributed by atoms with Crippen molar-refractivity contribution in [3.63, 3.8) is 0 Å². The number of rotatable bonds is 25. The van der Waals surface area contributed by atoms with Gasteiger partial charge in [0.15, 0.2) is 5.78 Å². The number of nitrogens with two attached hydrogens (primary N) is 1. The van der Waals surface area contributed by atoms with Gasteiger partial charge in [-0.1, -0.05) is 193 Å². The number of allylic oxidation sites excluding steroid dienone is 2. The van der Waals surface area contributed by atoms with Gasteiger partial charge in [-0.25, -0.2) is 6.57 Å². The summed E-state index contributed by atoms with van der Waals surface area (Å²) in [5, 5.41) is 5.10. The number of carbonyl (C=O) groups excluding carboxylic acids is 4. The molecule has 0 bridgehead atoms. The SMILES string of the molecule is C.CC(=O)/C=C(\N)[C@H](C)CC1CC[C@@H]2O[C@@H](CCCOC(=O)C(C)(C)C)C[C@]2(CO[Si](c2ccccc2)(c2ccccc2)C(C)(C)C)O1.CC(=O)CBr.[C-]#[N+][C@H](C)CC1CC[C@@H]2O[C@@H](CCCOC(=O)C(C)(C)C)C[C@]2(CO[Si](c2ccccc2)(c2ccccc2)C(C)(C)C)O1.[HH].[Zn]. The molecule has 534 valence electrons. The number of alkyl halides is 1. The molecule has 0 radical (unpaired) electrons. The van der Waals surface area contributed by atoms with Crippen molar-refractivity contribution in [3.05, 3.63) is 145 Å². The smallest absolute Gasteiger partial charge is 0.311 e. The van der Waals surface area contributed by atoms with E-state index in [2.05, 4.69) is 191 Å². The fraction of sp³-hybridized carbons (Fsp3) is 0.608. The fourth-order valence-corrected chi connectivity index (χ4v) is 23.2. The van der Waals surface area contributed by atoms with E-state index in [1.165, 1.54) is 40.7 Å². The Morgan fingerprint density at radius 2 is 0.928 bits per heavy atom. The van der Waals surface area contributed by atoms with Crippen LogP contribution in [0.1, 0.15) is 197 Å². The van der Waals surface area contributed by atoms with Crippen LogP contribution in [0.2, 0.25) is 10.1 Å². The molecule has 0 amide bonds. The van der Waals surface area contributed by atoms with Gasteiger partial charge in [-0.15, -0.1) is 0 Å². The molecule has 0 aliphatic carbocycles. The van der Waals surface area contributed by atoms with Gasteiger partial charge in [0.2, 0.25) is 6.04 Å². The minimum atomic E-state index is -2.83. The van der Waals surface area contributed by atoms with Crippen molar-refractivity contribution < 1.29 is 77.4 Å². The maximum atomic E-state index is 12.3. The van der Waals surface area contributed by atoms with Gasteiger partial charge in [-0.2, -0.15) is 0 Å². The number of halogens is 1. The van der Waals surface area contributed by atoms with Gasteiger partial charge in [0.25, 0.3) is 16.6 Å². The van der Waals surface area contributed by atoms with Crippen LogP contribution in [-0.2, 0) is 75.9 Å². The van der Waals surface area contributed by atoms with Gasteiger partial charge in [-0.3, -0.25) is 19.2 Å². The summed E-state index contributed by atoms with van der Waals surface area (Å²) in [6.07, 6.45) is 10.6. The molecule has 14 nitrogen and oxygen atoms in total. The molecule has 4 aromatic carbocycles. The Hall–Kier alpha value is -4.51. The first-order chi connectivity index (χ1) is 44.6. The maximum absolute atomic E-state index is 12.3. The van der Waals surface area contributed by atoms with Crippen LogP contribution in [0.25, 0.3) is 4.85 Å². The Labute approximate surface area is 608 Å². The third-order valence-corrected chi connectivity index (χ3v) is 29.6. The molecular weight excluding hydrogens is 1370 g/mol. The van der Waals surface area contributed by atoms with Gasteiger partial charge in [0.05, 0.1) is 79.2 Å². The van der Waals surface area contributed by atoms with Gasteiger partial charge in [0.1, 0.15) is 17.0 Å². The molecule has 0 spiro atoms. The monoisotopic (exact) mass is 1490 g/mol. The van der Waals surface area contributed by atoms with Crippen LogP contribution >= 0.6 is 15.9 Å². The van der Waals surface area contributed by atoms with Crippen LogP contribution in [-0.4, -0.2) is 126 Å². The standard InChI is InChI=1S/C39H57NO6Si.C36H51NO5Si.C3H5BrO.CH4.Zn.H2/c1-28(34(40)25-29(2)41)24-30-21-22-35-39(46-30,26-31(45-35)16-15-23-43-36(42)37(3,4)5)27-44-47(38(6,7)8,32-17-11-9-12-18-32)33-19-13-10-14-20-33;1-27(37-8)24-28-21-22-32-36(42-28,25-29(41-32)16-15-23-39-33(38)34(2,3)4)26-40-43(35(5,6)7,30-17-11-9-12-18-30)31-19-13-10-14-20-31;1-3(5)2-4;;;/h9-14,17-20,25,28,30-31,35H,15-16,21-24,26-27,40H2,1-8H3;9-14,17-20,27-29,32H,15-16,21-26H2,1-7H3;2H2,1H3;1H4;;1H/b34-25-;;;;;/t28-,30?,31+,35+,39-;27-,28?,29+,32+,36-;;;;/m11..../s1. The van der Waals surface area contributed by atoms with Gasteiger partial charge >= 0.3 is 11.9 Å². The number of esters is 2. The van der Waals surface area contributed by atoms with Crippen molar-refractivity contribution >= 4 is 76.8 Å². The third-order valence-electron chi connectivity index (χ3n) is 18.8. The van der Waals surface area contributed by atoms with Crippen LogP contribution in [0.4, 0.5) is 0 Å². The van der Waals surface area contributed by atoms with Crippen LogP contribution < -0.4 is 26.5 Å². The number of hydrogen-bond acceptors (Lipinski definition) is 13. The minimum absolute atomic E-state index is 0. The van der Waals surface area contributed by atoms with Gasteiger partial charge < -0.3 is 47.9 Å². The van der Waals surface area contributed by atoms with Crippen LogP contribution in [0.3, 0.4) is 0 Å². The van der Waals surface area contributed by atoms with Crippen LogP contribution in [0.15, 0.2) is 133 Å². The molecule has 0 aromatic heterocycles. The van der Waals surface area contributed by atoms with Crippen LogP contribution in [0.5, 0.6) is 0 Å². The first-order valence-corrected chi connectivity index (χ1v) is 39.5. The molecular formula is C79H119BrN2O12Si2Zn. The Morgan fingerprint density at radius 1 is 0.598 bits per heavy atom. The average Bonchev–Trinajstić information content (AvgIpc) is 1.17. The number of Topliss-reactive ketones (excluding diaryl/α,β-unsaturated/α-hetero) is 1. The van der Waals surface area contributed by atoms with Crippen molar-refractivity contribution in [3.8, 4) is 0 Å². The summed E-state index contributed by atoms with van der Waals surface area (Å²) in [7, 11) is -5.62. The molecule has 10 atom stereocenters. The van der Waals surface area contributed by atoms with Gasteiger partial charge in [0, 0.05) is 52.8 Å². The van der Waals surface area contributed by atoms with E-state index in [-0.39, 0.29) is 110 Å². The average molecular weight is 1490 g/mol. The van der Waals surface area contributed by atoms with Gasteiger partial charge in [-0.05, 0) is 156 Å². The first-order valence-electron chi connectivity index (χ1n) is 34.6. The minimum Gasteiger partial charge on any atom is -0.465 e. The van der Waals surface area contributed by atoms with Crippen molar-refractivity contribution in [1.82, 2.24) is 0 Å². The predicted molar refractivity (Wildman–Crippen MR) is 397 cm³/mol. The molecule has 4 heterocycles. The number of hydrogen-bond donors (Lipinski definition) is 1. The predicted octanol–water partition coefficient (Wildman–Crippen LogP) is 15.0. The Kier molecular flexibility index (Phi) is 32.8. The molecule has 8 rings (SSSR count). The largest absolute Gasteiger partial charge is 0.465 e. The van der Waals surface area contributed by atoms with E-state index in [1.807, 2.05) is 48.5 Å². The quantitative estimate of drug-likeness (QED) is 0.0166. The Balaban J connectivity index is 0.000000465. The molecule has 18 heteroatoms. The summed E-state index contributed by atoms with van der Waals surface area (Å²) in [5.41, 5.74) is 4.64. The van der Waals surface area contributed by atoms with Crippen molar-refractivity contribution in [2.45, 2.75) is 259 Å². The van der Waals surface area contributed by atoms with E-state index in [9.17, 15) is 19.2 Å². The molecule has 4 fully saturated rings. The second-order valence-corrected chi connectivity index (χ2v) is 40.2. The molecule has 2 unspecified atom stereocenters. The molecule has 4 saturated heterocycles. The van der Waals surface area contributed by atoms with Crippen molar-refractivity contribution in [1.29, 1.82) is 0 Å². The molecule has 0 saturated carbocycles. The Morgan fingerprint density at radius 3 is 1.22 bits per heavy atom.